The topological polar surface area (TPSA) is 41.5 Å². The average molecular weight is 287 g/mol. The lowest BCUT2D eigenvalue weighted by atomic mass is 9.91. The smallest absolute Gasteiger partial charge is 0.165 e. The Hall–Kier alpha value is -1.20. The van der Waals surface area contributed by atoms with Crippen molar-refractivity contribution < 1.29 is 18.6 Å². The third-order valence-electron chi connectivity index (χ3n) is 3.48. The van der Waals surface area contributed by atoms with Crippen LogP contribution in [0.3, 0.4) is 0 Å². The van der Waals surface area contributed by atoms with E-state index in [0.717, 1.165) is 31.2 Å². The zero-order valence-corrected chi connectivity index (χ0v) is 12.1. The molecule has 0 bridgehead atoms. The Morgan fingerprint density at radius 3 is 2.65 bits per heavy atom. The minimum absolute atomic E-state index is 0.0473. The van der Waals surface area contributed by atoms with Crippen LogP contribution < -0.4 is 10.1 Å². The van der Waals surface area contributed by atoms with E-state index in [1.807, 2.05) is 13.8 Å². The zero-order valence-electron chi connectivity index (χ0n) is 12.1. The van der Waals surface area contributed by atoms with E-state index in [-0.39, 0.29) is 24.5 Å². The molecule has 0 heterocycles. The van der Waals surface area contributed by atoms with Crippen LogP contribution in [0.25, 0.3) is 0 Å². The quantitative estimate of drug-likeness (QED) is 0.686. The van der Waals surface area contributed by atoms with Gasteiger partial charge in [0, 0.05) is 11.6 Å². The Kier molecular flexibility index (Phi) is 6.88. The predicted octanol–water partition coefficient (Wildman–Crippen LogP) is 2.87. The summed E-state index contributed by atoms with van der Waals surface area (Å²) >= 11 is 0. The third kappa shape index (κ3) is 4.72. The van der Waals surface area contributed by atoms with E-state index >= 15 is 0 Å². The monoisotopic (exact) mass is 287 g/mol. The molecular weight excluding hydrogens is 264 g/mol. The van der Waals surface area contributed by atoms with Crippen molar-refractivity contribution in [1.82, 2.24) is 5.32 Å². The fraction of sp³-hybridized carbons (Fsp3) is 0.600. The van der Waals surface area contributed by atoms with Gasteiger partial charge in [0.2, 0.25) is 0 Å². The summed E-state index contributed by atoms with van der Waals surface area (Å²) in [5.41, 5.74) is -0.321. The van der Waals surface area contributed by atoms with Gasteiger partial charge in [-0.3, -0.25) is 0 Å². The molecule has 1 aromatic rings. The Morgan fingerprint density at radius 1 is 1.30 bits per heavy atom. The average Bonchev–Trinajstić information content (AvgIpc) is 2.46. The SMILES string of the molecule is CCNC(CC)(CO)CCCOc1cc(F)ccc1F. The molecule has 0 radical (unpaired) electrons. The van der Waals surface area contributed by atoms with E-state index in [4.69, 9.17) is 4.74 Å². The normalized spacial score (nSPS) is 14.1. The van der Waals surface area contributed by atoms with Crippen LogP contribution in [-0.4, -0.2) is 30.4 Å². The maximum Gasteiger partial charge on any atom is 0.165 e. The predicted molar refractivity (Wildman–Crippen MR) is 74.9 cm³/mol. The van der Waals surface area contributed by atoms with E-state index in [0.29, 0.717) is 12.8 Å². The first-order chi connectivity index (χ1) is 9.56. The van der Waals surface area contributed by atoms with Crippen LogP contribution in [0.15, 0.2) is 18.2 Å². The summed E-state index contributed by atoms with van der Waals surface area (Å²) in [6.07, 6.45) is 2.16. The second kappa shape index (κ2) is 8.17. The van der Waals surface area contributed by atoms with E-state index in [2.05, 4.69) is 5.32 Å². The third-order valence-corrected chi connectivity index (χ3v) is 3.48. The Morgan fingerprint density at radius 2 is 2.05 bits per heavy atom. The van der Waals surface area contributed by atoms with Crippen LogP contribution in [0.2, 0.25) is 0 Å². The fourth-order valence-electron chi connectivity index (χ4n) is 2.19. The molecule has 1 rings (SSSR count). The number of benzene rings is 1. The van der Waals surface area contributed by atoms with Crippen LogP contribution in [0.4, 0.5) is 8.78 Å². The van der Waals surface area contributed by atoms with Crippen LogP contribution in [-0.2, 0) is 0 Å². The van der Waals surface area contributed by atoms with E-state index in [9.17, 15) is 13.9 Å². The summed E-state index contributed by atoms with van der Waals surface area (Å²) in [6, 6.07) is 3.15. The van der Waals surface area contributed by atoms with Gasteiger partial charge in [-0.1, -0.05) is 13.8 Å². The van der Waals surface area contributed by atoms with Gasteiger partial charge in [-0.2, -0.15) is 0 Å². The molecule has 0 saturated heterocycles. The highest BCUT2D eigenvalue weighted by Gasteiger charge is 2.25. The number of halogens is 2. The number of likely N-dealkylation sites (N-methyl/N-ethyl adjacent to an activating group) is 1. The van der Waals surface area contributed by atoms with Crippen LogP contribution in [0.1, 0.15) is 33.1 Å². The largest absolute Gasteiger partial charge is 0.490 e. The maximum atomic E-state index is 13.3. The summed E-state index contributed by atoms with van der Waals surface area (Å²) < 4.78 is 31.6. The highest BCUT2D eigenvalue weighted by atomic mass is 19.1. The van der Waals surface area contributed by atoms with Crippen molar-refractivity contribution in [3.8, 4) is 5.75 Å². The van der Waals surface area contributed by atoms with Gasteiger partial charge >= 0.3 is 0 Å². The molecular formula is C15H23F2NO2. The number of hydrogen-bond donors (Lipinski definition) is 2. The van der Waals surface area contributed by atoms with Gasteiger partial charge in [0.25, 0.3) is 0 Å². The second-order valence-electron chi connectivity index (χ2n) is 4.85. The van der Waals surface area contributed by atoms with Gasteiger partial charge in [0.15, 0.2) is 11.6 Å². The minimum atomic E-state index is -0.568. The lowest BCUT2D eigenvalue weighted by Gasteiger charge is -2.31. The van der Waals surface area contributed by atoms with Gasteiger partial charge in [-0.15, -0.1) is 0 Å². The van der Waals surface area contributed by atoms with Gasteiger partial charge in [0.1, 0.15) is 5.82 Å². The van der Waals surface area contributed by atoms with Crippen molar-refractivity contribution in [3.63, 3.8) is 0 Å². The fourth-order valence-corrected chi connectivity index (χ4v) is 2.19. The molecule has 1 atom stereocenters. The molecule has 2 N–H and O–H groups in total. The minimum Gasteiger partial charge on any atom is -0.490 e. The first-order valence-electron chi connectivity index (χ1n) is 7.00. The Balaban J connectivity index is 2.45. The van der Waals surface area contributed by atoms with Gasteiger partial charge in [-0.05, 0) is 37.9 Å². The summed E-state index contributed by atoms with van der Waals surface area (Å²) in [5.74, 6) is -1.16. The molecule has 0 spiro atoms. The number of rotatable bonds is 9. The highest BCUT2D eigenvalue weighted by molar-refractivity contribution is 5.24. The van der Waals surface area contributed by atoms with E-state index < -0.39 is 11.6 Å². The van der Waals surface area contributed by atoms with Crippen molar-refractivity contribution in [2.24, 2.45) is 0 Å². The first kappa shape index (κ1) is 16.9. The first-order valence-corrected chi connectivity index (χ1v) is 7.00. The summed E-state index contributed by atoms with van der Waals surface area (Å²) in [4.78, 5) is 0. The molecule has 0 aliphatic rings. The van der Waals surface area contributed by atoms with Crippen molar-refractivity contribution in [2.75, 3.05) is 19.8 Å². The summed E-state index contributed by atoms with van der Waals surface area (Å²) in [7, 11) is 0. The van der Waals surface area contributed by atoms with Crippen LogP contribution in [0.5, 0.6) is 5.75 Å². The molecule has 1 aromatic carbocycles. The van der Waals surface area contributed by atoms with E-state index in [1.54, 1.807) is 0 Å². The van der Waals surface area contributed by atoms with Crippen molar-refractivity contribution >= 4 is 0 Å². The molecule has 0 aromatic heterocycles. The summed E-state index contributed by atoms with van der Waals surface area (Å²) in [6.45, 7) is 5.09. The van der Waals surface area contributed by atoms with Gasteiger partial charge < -0.3 is 15.2 Å². The molecule has 0 saturated carbocycles. The lowest BCUT2D eigenvalue weighted by Crippen LogP contribution is -2.48. The number of ether oxygens (including phenoxy) is 1. The zero-order chi connectivity index (χ0) is 15.0. The number of nitrogens with one attached hydrogen (secondary N) is 1. The molecule has 0 aliphatic heterocycles. The second-order valence-corrected chi connectivity index (χ2v) is 4.85. The van der Waals surface area contributed by atoms with Crippen LogP contribution in [0, 0.1) is 11.6 Å². The molecule has 20 heavy (non-hydrogen) atoms. The van der Waals surface area contributed by atoms with Gasteiger partial charge in [-0.25, -0.2) is 8.78 Å². The molecule has 0 fully saturated rings. The number of aliphatic hydroxyl groups excluding tert-OH is 1. The molecule has 0 amide bonds. The molecule has 0 aliphatic carbocycles. The van der Waals surface area contributed by atoms with Crippen molar-refractivity contribution in [3.05, 3.63) is 29.8 Å². The Bertz CT molecular complexity index is 409. The van der Waals surface area contributed by atoms with Gasteiger partial charge in [0.05, 0.1) is 13.2 Å². The molecule has 1 unspecified atom stereocenters. The number of hydrogen-bond acceptors (Lipinski definition) is 3. The van der Waals surface area contributed by atoms with Crippen molar-refractivity contribution in [2.45, 2.75) is 38.6 Å². The lowest BCUT2D eigenvalue weighted by molar-refractivity contribution is 0.139. The maximum absolute atomic E-state index is 13.3. The highest BCUT2D eigenvalue weighted by Crippen LogP contribution is 2.20. The Labute approximate surface area is 119 Å². The standard InChI is InChI=1S/C15H23F2NO2/c1-3-15(11-19,18-4-2)8-5-9-20-14-10-12(16)6-7-13(14)17/h6-7,10,18-19H,3-5,8-9,11H2,1-2H3. The molecule has 5 heteroatoms. The number of aliphatic hydroxyl groups is 1. The molecule has 3 nitrogen and oxygen atoms in total. The van der Waals surface area contributed by atoms with Crippen molar-refractivity contribution in [1.29, 1.82) is 0 Å². The summed E-state index contributed by atoms with van der Waals surface area (Å²) in [5, 5.41) is 12.8. The van der Waals surface area contributed by atoms with E-state index in [1.165, 1.54) is 0 Å². The van der Waals surface area contributed by atoms with Crippen LogP contribution >= 0.6 is 0 Å². The molecule has 114 valence electrons.